The van der Waals surface area contributed by atoms with Crippen LogP contribution in [0, 0.1) is 0 Å². The molecule has 0 spiro atoms. The molecule has 31 heavy (non-hydrogen) atoms. The zero-order valence-electron chi connectivity index (χ0n) is 18.0. The first-order valence-electron chi connectivity index (χ1n) is 11.0. The lowest BCUT2D eigenvalue weighted by atomic mass is 9.72. The van der Waals surface area contributed by atoms with Crippen LogP contribution >= 0.6 is 0 Å². The zero-order valence-corrected chi connectivity index (χ0v) is 18.0. The summed E-state index contributed by atoms with van der Waals surface area (Å²) in [6, 6.07) is 18.8. The van der Waals surface area contributed by atoms with Crippen LogP contribution < -0.4 is 0 Å². The Balaban J connectivity index is 1.78. The Hall–Kier alpha value is -1.80. The largest absolute Gasteiger partial charge is 0.387 e. The van der Waals surface area contributed by atoms with Crippen LogP contribution in [0.5, 0.6) is 0 Å². The van der Waals surface area contributed by atoms with Crippen molar-refractivity contribution in [1.82, 2.24) is 0 Å². The number of hydrogen-bond donors (Lipinski definition) is 4. The molecular formula is C25H34O6. The van der Waals surface area contributed by atoms with E-state index >= 15 is 0 Å². The molecule has 2 aromatic rings. The normalized spacial score (nSPS) is 30.9. The molecule has 0 saturated heterocycles. The molecule has 2 unspecified atom stereocenters. The van der Waals surface area contributed by atoms with Gasteiger partial charge in [-0.25, -0.2) is 0 Å². The second kappa shape index (κ2) is 11.2. The Bertz CT molecular complexity index is 711. The van der Waals surface area contributed by atoms with E-state index in [0.717, 1.165) is 24.0 Å². The molecule has 0 heterocycles. The van der Waals surface area contributed by atoms with E-state index in [2.05, 4.69) is 0 Å². The smallest absolute Gasteiger partial charge is 0.122 e. The summed E-state index contributed by atoms with van der Waals surface area (Å²) in [4.78, 5) is 0. The molecule has 6 heteroatoms. The number of benzene rings is 2. The third-order valence-corrected chi connectivity index (χ3v) is 6.07. The minimum absolute atomic E-state index is 0.159. The highest BCUT2D eigenvalue weighted by atomic mass is 16.5. The number of aliphatic hydroxyl groups excluding tert-OH is 3. The lowest BCUT2D eigenvalue weighted by molar-refractivity contribution is -0.289. The van der Waals surface area contributed by atoms with Gasteiger partial charge in [0, 0.05) is 0 Å². The van der Waals surface area contributed by atoms with Crippen molar-refractivity contribution in [3.63, 3.8) is 0 Å². The third-order valence-electron chi connectivity index (χ3n) is 6.07. The first-order chi connectivity index (χ1) is 15.0. The molecule has 2 aromatic carbocycles. The topological polar surface area (TPSA) is 99.4 Å². The van der Waals surface area contributed by atoms with Crippen LogP contribution in [-0.4, -0.2) is 56.5 Å². The van der Waals surface area contributed by atoms with Gasteiger partial charge in [0.05, 0.1) is 13.2 Å². The molecule has 1 fully saturated rings. The van der Waals surface area contributed by atoms with E-state index < -0.39 is 36.1 Å². The van der Waals surface area contributed by atoms with Crippen molar-refractivity contribution in [3.05, 3.63) is 71.8 Å². The molecule has 4 N–H and O–H groups in total. The molecular weight excluding hydrogens is 396 g/mol. The van der Waals surface area contributed by atoms with Crippen molar-refractivity contribution in [3.8, 4) is 0 Å². The summed E-state index contributed by atoms with van der Waals surface area (Å²) in [7, 11) is 0. The summed E-state index contributed by atoms with van der Waals surface area (Å²) in [5.74, 6) is 0. The van der Waals surface area contributed by atoms with Gasteiger partial charge in [0.15, 0.2) is 0 Å². The second-order valence-corrected chi connectivity index (χ2v) is 8.35. The quantitative estimate of drug-likeness (QED) is 0.433. The highest BCUT2D eigenvalue weighted by Gasteiger charge is 2.58. The molecule has 6 nitrogen and oxygen atoms in total. The molecule has 170 valence electrons. The number of aliphatic hydroxyl groups is 4. The summed E-state index contributed by atoms with van der Waals surface area (Å²) in [6.45, 7) is 2.36. The Kier molecular flexibility index (Phi) is 8.60. The first-order valence-corrected chi connectivity index (χ1v) is 11.0. The highest BCUT2D eigenvalue weighted by molar-refractivity contribution is 5.16. The standard InChI is InChI=1S/C25H34O6/c1-2-3-10-15-25(29)23(27)21(30-16-18-11-6-4-7-12-18)20(26)22(24(25)28)31-17-19-13-8-5-9-14-19/h4-9,11-14,20-24,26-29H,2-3,10,15-17H2,1H3/t20?,21-,22-,23-,24+,25?/m0/s1. The summed E-state index contributed by atoms with van der Waals surface area (Å²) >= 11 is 0. The molecule has 0 amide bonds. The predicted molar refractivity (Wildman–Crippen MR) is 117 cm³/mol. The van der Waals surface area contributed by atoms with Crippen LogP contribution in [0.15, 0.2) is 60.7 Å². The lowest BCUT2D eigenvalue weighted by Gasteiger charge is -2.50. The number of hydrogen-bond acceptors (Lipinski definition) is 6. The lowest BCUT2D eigenvalue weighted by Crippen LogP contribution is -2.71. The Morgan fingerprint density at radius 1 is 0.742 bits per heavy atom. The average Bonchev–Trinajstić information content (AvgIpc) is 2.79. The molecule has 3 rings (SSSR count). The number of rotatable bonds is 10. The minimum atomic E-state index is -1.84. The summed E-state index contributed by atoms with van der Waals surface area (Å²) in [6.07, 6.45) is -3.79. The maximum Gasteiger partial charge on any atom is 0.122 e. The molecule has 0 bridgehead atoms. The molecule has 0 aliphatic heterocycles. The van der Waals surface area contributed by atoms with Crippen molar-refractivity contribution >= 4 is 0 Å². The fraction of sp³-hybridized carbons (Fsp3) is 0.520. The monoisotopic (exact) mass is 430 g/mol. The minimum Gasteiger partial charge on any atom is -0.387 e. The van der Waals surface area contributed by atoms with Gasteiger partial charge in [-0.3, -0.25) is 0 Å². The van der Waals surface area contributed by atoms with Gasteiger partial charge in [0.25, 0.3) is 0 Å². The van der Waals surface area contributed by atoms with Crippen LogP contribution in [0.4, 0.5) is 0 Å². The van der Waals surface area contributed by atoms with Crippen LogP contribution in [0.1, 0.15) is 43.7 Å². The molecule has 0 radical (unpaired) electrons. The maximum atomic E-state index is 11.3. The van der Waals surface area contributed by atoms with Crippen molar-refractivity contribution in [1.29, 1.82) is 0 Å². The van der Waals surface area contributed by atoms with Crippen molar-refractivity contribution in [2.45, 2.75) is 81.9 Å². The van der Waals surface area contributed by atoms with E-state index in [1.807, 2.05) is 67.6 Å². The van der Waals surface area contributed by atoms with E-state index in [-0.39, 0.29) is 19.6 Å². The van der Waals surface area contributed by atoms with Crippen molar-refractivity contribution in [2.24, 2.45) is 0 Å². The number of unbranched alkanes of at least 4 members (excludes halogenated alkanes) is 2. The van der Waals surface area contributed by atoms with Crippen LogP contribution in [0.3, 0.4) is 0 Å². The molecule has 1 aliphatic rings. The number of ether oxygens (including phenoxy) is 2. The Labute approximate surface area is 184 Å². The van der Waals surface area contributed by atoms with Gasteiger partial charge in [-0.2, -0.15) is 0 Å². The van der Waals surface area contributed by atoms with E-state index in [4.69, 9.17) is 9.47 Å². The summed E-state index contributed by atoms with van der Waals surface area (Å²) in [5, 5.41) is 44.2. The van der Waals surface area contributed by atoms with Gasteiger partial charge in [-0.05, 0) is 17.5 Å². The Morgan fingerprint density at radius 2 is 1.19 bits per heavy atom. The van der Waals surface area contributed by atoms with E-state index in [1.165, 1.54) is 0 Å². The summed E-state index contributed by atoms with van der Waals surface area (Å²) in [5.41, 5.74) is -0.0782. The fourth-order valence-corrected chi connectivity index (χ4v) is 4.17. The Morgan fingerprint density at radius 3 is 1.61 bits per heavy atom. The zero-order chi connectivity index (χ0) is 22.3. The van der Waals surface area contributed by atoms with E-state index in [9.17, 15) is 20.4 Å². The molecule has 6 atom stereocenters. The van der Waals surface area contributed by atoms with Gasteiger partial charge in [0.2, 0.25) is 0 Å². The highest BCUT2D eigenvalue weighted by Crippen LogP contribution is 2.37. The SMILES string of the molecule is CCCCCC1(O)[C@H](O)[C@@H](OCc2ccccc2)C(O)[C@H](OCc2ccccc2)[C@@H]1O. The van der Waals surface area contributed by atoms with E-state index in [0.29, 0.717) is 6.42 Å². The molecule has 1 aliphatic carbocycles. The van der Waals surface area contributed by atoms with Crippen LogP contribution in [0.25, 0.3) is 0 Å². The molecule has 0 aromatic heterocycles. The van der Waals surface area contributed by atoms with Crippen LogP contribution in [0.2, 0.25) is 0 Å². The maximum absolute atomic E-state index is 11.3. The van der Waals surface area contributed by atoms with Crippen molar-refractivity contribution in [2.75, 3.05) is 0 Å². The summed E-state index contributed by atoms with van der Waals surface area (Å²) < 4.78 is 11.7. The van der Waals surface area contributed by atoms with Gasteiger partial charge in [-0.15, -0.1) is 0 Å². The van der Waals surface area contributed by atoms with Gasteiger partial charge in [-0.1, -0.05) is 86.8 Å². The van der Waals surface area contributed by atoms with Gasteiger partial charge < -0.3 is 29.9 Å². The predicted octanol–water partition coefficient (Wildman–Crippen LogP) is 2.56. The average molecular weight is 431 g/mol. The van der Waals surface area contributed by atoms with Gasteiger partial charge in [0.1, 0.15) is 36.1 Å². The van der Waals surface area contributed by atoms with Gasteiger partial charge >= 0.3 is 0 Å². The van der Waals surface area contributed by atoms with Crippen LogP contribution in [-0.2, 0) is 22.7 Å². The fourth-order valence-electron chi connectivity index (χ4n) is 4.17. The first kappa shape index (κ1) is 23.9. The van der Waals surface area contributed by atoms with Crippen molar-refractivity contribution < 1.29 is 29.9 Å². The van der Waals surface area contributed by atoms with E-state index in [1.54, 1.807) is 0 Å². The second-order valence-electron chi connectivity index (χ2n) is 8.35. The molecule has 1 saturated carbocycles. The third kappa shape index (κ3) is 5.71.